The van der Waals surface area contributed by atoms with Crippen molar-refractivity contribution in [3.8, 4) is 0 Å². The lowest BCUT2D eigenvalue weighted by molar-refractivity contribution is 0.0214. The largest absolute Gasteiger partial charge is 0.379 e. The quantitative estimate of drug-likeness (QED) is 0.537. The Hall–Kier alpha value is -3.36. The normalized spacial score (nSPS) is 15.9. The number of nitrogens with zero attached hydrogens (tertiary/aromatic N) is 5. The fourth-order valence-corrected chi connectivity index (χ4v) is 4.21. The molecule has 0 radical (unpaired) electrons. The molecule has 8 heteroatoms. The molecule has 1 atom stereocenters. The number of tetrazole rings is 1. The number of morpholine rings is 1. The SMILES string of the molecule is Cc1cccc2cc([C@@H](c3nnnn3Cc3ccccc3)N3CCOCC3)c(=O)[nH]c12. The fourth-order valence-electron chi connectivity index (χ4n) is 4.21. The van der Waals surface area contributed by atoms with Crippen LogP contribution >= 0.6 is 0 Å². The van der Waals surface area contributed by atoms with E-state index in [1.807, 2.05) is 61.5 Å². The summed E-state index contributed by atoms with van der Waals surface area (Å²) in [5.41, 5.74) is 3.52. The molecule has 2 aromatic carbocycles. The van der Waals surface area contributed by atoms with Crippen LogP contribution in [0.25, 0.3) is 10.9 Å². The van der Waals surface area contributed by atoms with Crippen molar-refractivity contribution in [2.75, 3.05) is 26.3 Å². The highest BCUT2D eigenvalue weighted by Crippen LogP contribution is 2.28. The molecule has 31 heavy (non-hydrogen) atoms. The lowest BCUT2D eigenvalue weighted by Crippen LogP contribution is -2.42. The molecule has 2 aromatic heterocycles. The monoisotopic (exact) mass is 416 g/mol. The number of hydrogen-bond acceptors (Lipinski definition) is 6. The van der Waals surface area contributed by atoms with Gasteiger partial charge < -0.3 is 9.72 Å². The number of benzene rings is 2. The van der Waals surface area contributed by atoms with Gasteiger partial charge in [0.2, 0.25) is 0 Å². The number of aryl methyl sites for hydroxylation is 1. The molecule has 3 heterocycles. The molecule has 1 aliphatic heterocycles. The van der Waals surface area contributed by atoms with Crippen LogP contribution in [0.1, 0.15) is 28.6 Å². The molecule has 1 N–H and O–H groups in total. The summed E-state index contributed by atoms with van der Waals surface area (Å²) >= 11 is 0. The van der Waals surface area contributed by atoms with Crippen molar-refractivity contribution in [2.24, 2.45) is 0 Å². The van der Waals surface area contributed by atoms with Crippen LogP contribution in [0, 0.1) is 6.92 Å². The first kappa shape index (κ1) is 19.6. The third-order valence-electron chi connectivity index (χ3n) is 5.80. The summed E-state index contributed by atoms with van der Waals surface area (Å²) in [7, 11) is 0. The van der Waals surface area contributed by atoms with Gasteiger partial charge >= 0.3 is 0 Å². The summed E-state index contributed by atoms with van der Waals surface area (Å²) in [6.45, 7) is 5.16. The number of aromatic nitrogens is 5. The maximum Gasteiger partial charge on any atom is 0.253 e. The highest BCUT2D eigenvalue weighted by molar-refractivity contribution is 5.82. The van der Waals surface area contributed by atoms with Crippen LogP contribution in [0.2, 0.25) is 0 Å². The molecule has 0 aliphatic carbocycles. The Morgan fingerprint density at radius 1 is 1.10 bits per heavy atom. The molecule has 1 fully saturated rings. The van der Waals surface area contributed by atoms with E-state index < -0.39 is 0 Å². The minimum absolute atomic E-state index is 0.118. The average molecular weight is 416 g/mol. The van der Waals surface area contributed by atoms with E-state index >= 15 is 0 Å². The van der Waals surface area contributed by atoms with Crippen molar-refractivity contribution in [1.82, 2.24) is 30.1 Å². The standard InChI is InChI=1S/C23H24N6O2/c1-16-6-5-9-18-14-19(23(30)24-20(16)18)21(28-10-12-31-13-11-28)22-25-26-27-29(22)15-17-7-3-2-4-8-17/h2-9,14,21H,10-13,15H2,1H3,(H,24,30)/t21-/m0/s1. The lowest BCUT2D eigenvalue weighted by atomic mass is 10.0. The van der Waals surface area contributed by atoms with Crippen molar-refractivity contribution in [3.63, 3.8) is 0 Å². The summed E-state index contributed by atoms with van der Waals surface area (Å²) < 4.78 is 7.35. The van der Waals surface area contributed by atoms with E-state index in [9.17, 15) is 4.79 Å². The van der Waals surface area contributed by atoms with Crippen LogP contribution in [0.4, 0.5) is 0 Å². The molecule has 0 unspecified atom stereocenters. The molecule has 1 saturated heterocycles. The highest BCUT2D eigenvalue weighted by atomic mass is 16.5. The lowest BCUT2D eigenvalue weighted by Gasteiger charge is -2.33. The molecular weight excluding hydrogens is 392 g/mol. The van der Waals surface area contributed by atoms with Gasteiger partial charge in [0.15, 0.2) is 5.82 Å². The molecule has 158 valence electrons. The number of rotatable bonds is 5. The summed E-state index contributed by atoms with van der Waals surface area (Å²) in [5.74, 6) is 0.656. The third kappa shape index (κ3) is 3.87. The van der Waals surface area contributed by atoms with E-state index in [0.717, 1.165) is 22.0 Å². The van der Waals surface area contributed by atoms with E-state index in [2.05, 4.69) is 25.4 Å². The van der Waals surface area contributed by atoms with Gasteiger partial charge in [-0.05, 0) is 39.9 Å². The van der Waals surface area contributed by atoms with Gasteiger partial charge in [-0.2, -0.15) is 0 Å². The van der Waals surface area contributed by atoms with Crippen molar-refractivity contribution < 1.29 is 4.74 Å². The smallest absolute Gasteiger partial charge is 0.253 e. The zero-order chi connectivity index (χ0) is 21.2. The first-order valence-electron chi connectivity index (χ1n) is 10.4. The number of hydrogen-bond donors (Lipinski definition) is 1. The van der Waals surface area contributed by atoms with E-state index in [1.165, 1.54) is 0 Å². The van der Waals surface area contributed by atoms with Gasteiger partial charge in [-0.15, -0.1) is 5.10 Å². The number of fused-ring (bicyclic) bond motifs is 1. The van der Waals surface area contributed by atoms with Gasteiger partial charge in [0.05, 0.1) is 25.3 Å². The van der Waals surface area contributed by atoms with E-state index in [0.29, 0.717) is 44.2 Å². The second-order valence-corrected chi connectivity index (χ2v) is 7.82. The van der Waals surface area contributed by atoms with Gasteiger partial charge in [0.25, 0.3) is 5.56 Å². The molecule has 1 aliphatic rings. The Labute approximate surface area is 179 Å². The number of aromatic amines is 1. The number of H-pyrrole nitrogens is 1. The Morgan fingerprint density at radius 3 is 2.71 bits per heavy atom. The maximum atomic E-state index is 13.2. The van der Waals surface area contributed by atoms with Crippen LogP contribution in [-0.2, 0) is 11.3 Å². The Balaban J connectivity index is 1.63. The summed E-state index contributed by atoms with van der Waals surface area (Å²) in [5, 5.41) is 13.6. The summed E-state index contributed by atoms with van der Waals surface area (Å²) in [6.07, 6.45) is 0. The van der Waals surface area contributed by atoms with Crippen LogP contribution < -0.4 is 5.56 Å². The number of para-hydroxylation sites is 1. The Morgan fingerprint density at radius 2 is 1.90 bits per heavy atom. The fraction of sp³-hybridized carbons (Fsp3) is 0.304. The number of pyridine rings is 1. The average Bonchev–Trinajstić information content (AvgIpc) is 3.24. The Kier molecular flexibility index (Phi) is 5.31. The number of ether oxygens (including phenoxy) is 1. The molecule has 0 amide bonds. The third-order valence-corrected chi connectivity index (χ3v) is 5.80. The van der Waals surface area contributed by atoms with Crippen LogP contribution in [0.15, 0.2) is 59.4 Å². The summed E-state index contributed by atoms with van der Waals surface area (Å²) in [6, 6.07) is 17.7. The van der Waals surface area contributed by atoms with Gasteiger partial charge in [0, 0.05) is 18.7 Å². The molecule has 0 bridgehead atoms. The van der Waals surface area contributed by atoms with E-state index in [-0.39, 0.29) is 11.6 Å². The second-order valence-electron chi connectivity index (χ2n) is 7.82. The number of nitrogens with one attached hydrogen (secondary N) is 1. The van der Waals surface area contributed by atoms with Crippen molar-refractivity contribution in [3.05, 3.63) is 87.5 Å². The topological polar surface area (TPSA) is 88.9 Å². The van der Waals surface area contributed by atoms with Crippen LogP contribution in [0.5, 0.6) is 0 Å². The second kappa shape index (κ2) is 8.41. The van der Waals surface area contributed by atoms with Gasteiger partial charge in [-0.3, -0.25) is 9.69 Å². The predicted octanol–water partition coefficient (Wildman–Crippen LogP) is 2.29. The summed E-state index contributed by atoms with van der Waals surface area (Å²) in [4.78, 5) is 18.6. The zero-order valence-electron chi connectivity index (χ0n) is 17.4. The minimum atomic E-state index is -0.365. The van der Waals surface area contributed by atoms with Crippen molar-refractivity contribution in [1.29, 1.82) is 0 Å². The highest BCUT2D eigenvalue weighted by Gasteiger charge is 2.31. The van der Waals surface area contributed by atoms with Crippen LogP contribution in [0.3, 0.4) is 0 Å². The van der Waals surface area contributed by atoms with Gasteiger partial charge in [0.1, 0.15) is 6.04 Å². The first-order chi connectivity index (χ1) is 15.2. The predicted molar refractivity (Wildman–Crippen MR) is 117 cm³/mol. The zero-order valence-corrected chi connectivity index (χ0v) is 17.4. The van der Waals surface area contributed by atoms with E-state index in [1.54, 1.807) is 4.68 Å². The first-order valence-corrected chi connectivity index (χ1v) is 10.4. The van der Waals surface area contributed by atoms with Crippen molar-refractivity contribution in [2.45, 2.75) is 19.5 Å². The van der Waals surface area contributed by atoms with Crippen molar-refractivity contribution >= 4 is 10.9 Å². The van der Waals surface area contributed by atoms with Crippen LogP contribution in [-0.4, -0.2) is 56.4 Å². The molecular formula is C23H24N6O2. The molecule has 4 aromatic rings. The molecule has 8 nitrogen and oxygen atoms in total. The van der Waals surface area contributed by atoms with Gasteiger partial charge in [-0.1, -0.05) is 48.5 Å². The molecule has 5 rings (SSSR count). The minimum Gasteiger partial charge on any atom is -0.379 e. The maximum absolute atomic E-state index is 13.2. The molecule has 0 saturated carbocycles. The van der Waals surface area contributed by atoms with Gasteiger partial charge in [-0.25, -0.2) is 4.68 Å². The Bertz CT molecular complexity index is 1240. The van der Waals surface area contributed by atoms with E-state index in [4.69, 9.17) is 4.74 Å². The molecule has 0 spiro atoms.